The number of nitrogens with zero attached hydrogens (tertiary/aromatic N) is 2. The van der Waals surface area contributed by atoms with Gasteiger partial charge in [0, 0.05) is 18.4 Å². The predicted octanol–water partition coefficient (Wildman–Crippen LogP) is 3.48. The predicted molar refractivity (Wildman–Crippen MR) is 99.1 cm³/mol. The molecule has 27 heavy (non-hydrogen) atoms. The number of benzene rings is 2. The third-order valence-corrected chi connectivity index (χ3v) is 3.76. The molecule has 0 fully saturated rings. The van der Waals surface area contributed by atoms with Crippen LogP contribution < -0.4 is 5.32 Å². The lowest BCUT2D eigenvalue weighted by Crippen LogP contribution is -2.16. The first-order valence-corrected chi connectivity index (χ1v) is 8.61. The number of aromatic nitrogens is 2. The van der Waals surface area contributed by atoms with E-state index in [4.69, 9.17) is 9.26 Å². The summed E-state index contributed by atoms with van der Waals surface area (Å²) in [4.78, 5) is 28.5. The zero-order chi connectivity index (χ0) is 19.1. The van der Waals surface area contributed by atoms with Gasteiger partial charge in [-0.3, -0.25) is 4.79 Å². The molecule has 0 aliphatic heterocycles. The second kappa shape index (κ2) is 8.75. The highest BCUT2D eigenvalue weighted by Gasteiger charge is 2.15. The quantitative estimate of drug-likeness (QED) is 0.644. The highest BCUT2D eigenvalue weighted by Crippen LogP contribution is 2.18. The lowest BCUT2D eigenvalue weighted by atomic mass is 10.1. The molecule has 0 aliphatic rings. The van der Waals surface area contributed by atoms with Crippen molar-refractivity contribution in [2.45, 2.75) is 19.8 Å². The van der Waals surface area contributed by atoms with E-state index in [0.717, 1.165) is 5.56 Å². The molecule has 1 N–H and O–H groups in total. The first-order chi connectivity index (χ1) is 13.2. The summed E-state index contributed by atoms with van der Waals surface area (Å²) in [6, 6.07) is 16.2. The summed E-state index contributed by atoms with van der Waals surface area (Å²) in [5.74, 6) is 0.130. The number of hydrogen-bond donors (Lipinski definition) is 1. The molecule has 3 aromatic rings. The van der Waals surface area contributed by atoms with E-state index in [1.54, 1.807) is 31.2 Å². The summed E-state index contributed by atoms with van der Waals surface area (Å²) in [6.07, 6.45) is 0.445. The molecule has 7 heteroatoms. The molecule has 0 spiro atoms. The van der Waals surface area contributed by atoms with Gasteiger partial charge in [0.25, 0.3) is 0 Å². The Morgan fingerprint density at radius 1 is 1.07 bits per heavy atom. The lowest BCUT2D eigenvalue weighted by Gasteiger charge is -2.09. The number of para-hydroxylation sites is 1. The summed E-state index contributed by atoms with van der Waals surface area (Å²) in [6.45, 7) is 2.00. The van der Waals surface area contributed by atoms with E-state index < -0.39 is 5.97 Å². The Balaban J connectivity index is 1.60. The molecule has 1 heterocycles. The second-order valence-corrected chi connectivity index (χ2v) is 5.69. The minimum Gasteiger partial charge on any atom is -0.462 e. The van der Waals surface area contributed by atoms with Crippen LogP contribution in [0.1, 0.15) is 29.6 Å². The molecule has 1 aromatic heterocycles. The maximum atomic E-state index is 12.2. The van der Waals surface area contributed by atoms with E-state index >= 15 is 0 Å². The molecule has 2 aromatic carbocycles. The number of anilines is 1. The molecular weight excluding hydrogens is 346 g/mol. The van der Waals surface area contributed by atoms with Crippen molar-refractivity contribution in [1.29, 1.82) is 0 Å². The topological polar surface area (TPSA) is 94.3 Å². The van der Waals surface area contributed by atoms with Crippen LogP contribution in [0, 0.1) is 0 Å². The van der Waals surface area contributed by atoms with Gasteiger partial charge in [0.1, 0.15) is 0 Å². The van der Waals surface area contributed by atoms with E-state index in [-0.39, 0.29) is 18.9 Å². The van der Waals surface area contributed by atoms with Gasteiger partial charge >= 0.3 is 5.97 Å². The largest absolute Gasteiger partial charge is 0.462 e. The first-order valence-electron chi connectivity index (χ1n) is 8.61. The molecule has 0 aliphatic carbocycles. The zero-order valence-corrected chi connectivity index (χ0v) is 14.8. The number of nitrogens with one attached hydrogen (secondary N) is 1. The molecule has 138 valence electrons. The van der Waals surface area contributed by atoms with Crippen molar-refractivity contribution in [3.05, 3.63) is 66.1 Å². The maximum Gasteiger partial charge on any atom is 0.340 e. The molecule has 0 bridgehead atoms. The van der Waals surface area contributed by atoms with Gasteiger partial charge in [-0.2, -0.15) is 4.98 Å². The van der Waals surface area contributed by atoms with Gasteiger partial charge < -0.3 is 14.6 Å². The minimum absolute atomic E-state index is 0.146. The van der Waals surface area contributed by atoms with Crippen LogP contribution in [0.25, 0.3) is 11.4 Å². The SMILES string of the molecule is CCOC(=O)c1ccccc1NC(=O)CCc1nc(-c2ccccc2)no1. The van der Waals surface area contributed by atoms with Crippen LogP contribution in [0.15, 0.2) is 59.1 Å². The average Bonchev–Trinajstić information content (AvgIpc) is 3.17. The van der Waals surface area contributed by atoms with E-state index in [2.05, 4.69) is 15.5 Å². The van der Waals surface area contributed by atoms with Crippen LogP contribution in [0.3, 0.4) is 0 Å². The van der Waals surface area contributed by atoms with Gasteiger partial charge in [-0.25, -0.2) is 4.79 Å². The fraction of sp³-hybridized carbons (Fsp3) is 0.200. The summed E-state index contributed by atoms with van der Waals surface area (Å²) in [7, 11) is 0. The monoisotopic (exact) mass is 365 g/mol. The van der Waals surface area contributed by atoms with Gasteiger partial charge in [-0.15, -0.1) is 0 Å². The average molecular weight is 365 g/mol. The third-order valence-electron chi connectivity index (χ3n) is 3.76. The highest BCUT2D eigenvalue weighted by atomic mass is 16.5. The van der Waals surface area contributed by atoms with E-state index in [1.807, 2.05) is 30.3 Å². The number of rotatable bonds is 7. The molecule has 3 rings (SSSR count). The smallest absolute Gasteiger partial charge is 0.340 e. The molecule has 0 saturated carbocycles. The van der Waals surface area contributed by atoms with Crippen LogP contribution in [0.2, 0.25) is 0 Å². The van der Waals surface area contributed by atoms with Gasteiger partial charge in [0.05, 0.1) is 17.9 Å². The first kappa shape index (κ1) is 18.3. The van der Waals surface area contributed by atoms with E-state index in [0.29, 0.717) is 29.4 Å². The van der Waals surface area contributed by atoms with Crippen LogP contribution in [-0.4, -0.2) is 28.6 Å². The Bertz CT molecular complexity index is 922. The Morgan fingerprint density at radius 2 is 1.81 bits per heavy atom. The van der Waals surface area contributed by atoms with Crippen molar-refractivity contribution in [2.24, 2.45) is 0 Å². The number of aryl methyl sites for hydroxylation is 1. The Hall–Kier alpha value is -3.48. The summed E-state index contributed by atoms with van der Waals surface area (Å²) >= 11 is 0. The van der Waals surface area contributed by atoms with Crippen LogP contribution in [0.5, 0.6) is 0 Å². The number of carbonyl (C=O) groups is 2. The second-order valence-electron chi connectivity index (χ2n) is 5.69. The molecule has 1 amide bonds. The molecule has 0 radical (unpaired) electrons. The normalized spacial score (nSPS) is 10.4. The van der Waals surface area contributed by atoms with Crippen LogP contribution in [0.4, 0.5) is 5.69 Å². The van der Waals surface area contributed by atoms with Crippen molar-refractivity contribution in [3.63, 3.8) is 0 Å². The number of hydrogen-bond acceptors (Lipinski definition) is 6. The fourth-order valence-electron chi connectivity index (χ4n) is 2.47. The summed E-state index contributed by atoms with van der Waals surface area (Å²) < 4.78 is 10.2. The highest BCUT2D eigenvalue weighted by molar-refractivity contribution is 6.01. The molecular formula is C20H19N3O4. The number of esters is 1. The molecule has 7 nitrogen and oxygen atoms in total. The van der Waals surface area contributed by atoms with Crippen molar-refractivity contribution in [2.75, 3.05) is 11.9 Å². The fourth-order valence-corrected chi connectivity index (χ4v) is 2.47. The number of ether oxygens (including phenoxy) is 1. The van der Waals surface area contributed by atoms with Crippen molar-refractivity contribution >= 4 is 17.6 Å². The Morgan fingerprint density at radius 3 is 2.59 bits per heavy atom. The standard InChI is InChI=1S/C20H19N3O4/c1-2-26-20(25)15-10-6-7-11-16(15)21-17(24)12-13-18-22-19(23-27-18)14-8-4-3-5-9-14/h3-11H,2,12-13H2,1H3,(H,21,24). The zero-order valence-electron chi connectivity index (χ0n) is 14.8. The van der Waals surface area contributed by atoms with Gasteiger partial charge in [0.15, 0.2) is 0 Å². The minimum atomic E-state index is -0.474. The van der Waals surface area contributed by atoms with Crippen molar-refractivity contribution in [3.8, 4) is 11.4 Å². The third kappa shape index (κ3) is 4.78. The summed E-state index contributed by atoms with van der Waals surface area (Å²) in [5, 5.41) is 6.66. The van der Waals surface area contributed by atoms with Gasteiger partial charge in [-0.1, -0.05) is 47.6 Å². The lowest BCUT2D eigenvalue weighted by molar-refractivity contribution is -0.116. The Labute approximate surface area is 156 Å². The molecule has 0 atom stereocenters. The maximum absolute atomic E-state index is 12.2. The molecule has 0 unspecified atom stereocenters. The van der Waals surface area contributed by atoms with Crippen LogP contribution in [-0.2, 0) is 16.0 Å². The van der Waals surface area contributed by atoms with Gasteiger partial charge in [0.2, 0.25) is 17.6 Å². The van der Waals surface area contributed by atoms with E-state index in [9.17, 15) is 9.59 Å². The Kier molecular flexibility index (Phi) is 5.94. The van der Waals surface area contributed by atoms with Gasteiger partial charge in [-0.05, 0) is 19.1 Å². The van der Waals surface area contributed by atoms with Crippen molar-refractivity contribution in [1.82, 2.24) is 10.1 Å². The number of carbonyl (C=O) groups excluding carboxylic acids is 2. The van der Waals surface area contributed by atoms with Crippen molar-refractivity contribution < 1.29 is 18.8 Å². The van der Waals surface area contributed by atoms with E-state index in [1.165, 1.54) is 0 Å². The summed E-state index contributed by atoms with van der Waals surface area (Å²) in [5.41, 5.74) is 1.58. The molecule has 0 saturated heterocycles. The number of amides is 1. The van der Waals surface area contributed by atoms with Crippen LogP contribution >= 0.6 is 0 Å².